The van der Waals surface area contributed by atoms with E-state index in [1.165, 1.54) is 12.8 Å². The maximum Gasteiger partial charge on any atom is 0.253 e. The minimum atomic E-state index is -0.0788. The Labute approximate surface area is 131 Å². The molecule has 1 amide bonds. The Morgan fingerprint density at radius 1 is 1.18 bits per heavy atom. The zero-order chi connectivity index (χ0) is 15.4. The monoisotopic (exact) mass is 295 g/mol. The van der Waals surface area contributed by atoms with Gasteiger partial charge in [-0.25, -0.2) is 0 Å². The van der Waals surface area contributed by atoms with Gasteiger partial charge in [-0.2, -0.15) is 0 Å². The first-order valence-corrected chi connectivity index (χ1v) is 7.80. The Balaban J connectivity index is 1.71. The van der Waals surface area contributed by atoms with Gasteiger partial charge in [0.25, 0.3) is 5.91 Å². The molecule has 1 atom stereocenters. The molecule has 1 aliphatic heterocycles. The topological polar surface area (TPSA) is 45.2 Å². The molecule has 0 spiro atoms. The SMILES string of the molecule is CC(NC(=O)c1cncc(N2CCCC2)c1)c1ccccc1. The fourth-order valence-electron chi connectivity index (χ4n) is 2.81. The molecule has 0 saturated carbocycles. The number of aromatic nitrogens is 1. The third kappa shape index (κ3) is 3.27. The summed E-state index contributed by atoms with van der Waals surface area (Å²) in [6.07, 6.45) is 5.89. The lowest BCUT2D eigenvalue weighted by Gasteiger charge is -2.18. The minimum absolute atomic E-state index is 0.0239. The largest absolute Gasteiger partial charge is 0.370 e. The maximum atomic E-state index is 12.4. The van der Waals surface area contributed by atoms with Crippen LogP contribution in [0.1, 0.15) is 41.7 Å². The van der Waals surface area contributed by atoms with Crippen molar-refractivity contribution in [2.75, 3.05) is 18.0 Å². The highest BCUT2D eigenvalue weighted by molar-refractivity contribution is 5.95. The van der Waals surface area contributed by atoms with E-state index in [4.69, 9.17) is 0 Å². The van der Waals surface area contributed by atoms with Crippen molar-refractivity contribution in [3.63, 3.8) is 0 Å². The Kier molecular flexibility index (Phi) is 4.37. The van der Waals surface area contributed by atoms with Crippen LogP contribution >= 0.6 is 0 Å². The number of nitrogens with zero attached hydrogens (tertiary/aromatic N) is 2. The summed E-state index contributed by atoms with van der Waals surface area (Å²) in [4.78, 5) is 18.9. The molecule has 1 N–H and O–H groups in total. The van der Waals surface area contributed by atoms with E-state index in [-0.39, 0.29) is 11.9 Å². The van der Waals surface area contributed by atoms with Crippen LogP contribution in [0.4, 0.5) is 5.69 Å². The van der Waals surface area contributed by atoms with Gasteiger partial charge in [0.05, 0.1) is 23.5 Å². The summed E-state index contributed by atoms with van der Waals surface area (Å²) in [5.41, 5.74) is 2.75. The molecule has 1 unspecified atom stereocenters. The standard InChI is InChI=1S/C18H21N3O/c1-14(15-7-3-2-4-8-15)20-18(22)16-11-17(13-19-12-16)21-9-5-6-10-21/h2-4,7-8,11-14H,5-6,9-10H2,1H3,(H,20,22). The molecule has 0 bridgehead atoms. The molecule has 2 aromatic rings. The quantitative estimate of drug-likeness (QED) is 0.942. The van der Waals surface area contributed by atoms with Crippen LogP contribution in [0.25, 0.3) is 0 Å². The summed E-state index contributed by atoms with van der Waals surface area (Å²) in [7, 11) is 0. The molecule has 1 saturated heterocycles. The van der Waals surface area contributed by atoms with Gasteiger partial charge in [0.2, 0.25) is 0 Å². The van der Waals surface area contributed by atoms with Crippen LogP contribution in [-0.2, 0) is 0 Å². The summed E-state index contributed by atoms with van der Waals surface area (Å²) in [6, 6.07) is 11.9. The zero-order valence-corrected chi connectivity index (χ0v) is 12.8. The number of nitrogens with one attached hydrogen (secondary N) is 1. The van der Waals surface area contributed by atoms with Crippen LogP contribution in [0.15, 0.2) is 48.8 Å². The Morgan fingerprint density at radius 3 is 2.64 bits per heavy atom. The Morgan fingerprint density at radius 2 is 1.91 bits per heavy atom. The van der Waals surface area contributed by atoms with Gasteiger partial charge in [-0.05, 0) is 31.4 Å². The highest BCUT2D eigenvalue weighted by Crippen LogP contribution is 2.20. The number of rotatable bonds is 4. The van der Waals surface area contributed by atoms with Gasteiger partial charge in [-0.3, -0.25) is 9.78 Å². The van der Waals surface area contributed by atoms with E-state index in [2.05, 4.69) is 15.2 Å². The van der Waals surface area contributed by atoms with Gasteiger partial charge in [0, 0.05) is 19.3 Å². The molecular formula is C18H21N3O. The number of pyridine rings is 1. The highest BCUT2D eigenvalue weighted by atomic mass is 16.1. The predicted octanol–water partition coefficient (Wildman–Crippen LogP) is 3.17. The third-order valence-corrected chi connectivity index (χ3v) is 4.10. The van der Waals surface area contributed by atoms with Crippen molar-refractivity contribution >= 4 is 11.6 Å². The molecular weight excluding hydrogens is 274 g/mol. The molecule has 4 heteroatoms. The minimum Gasteiger partial charge on any atom is -0.370 e. The first-order valence-electron chi connectivity index (χ1n) is 7.80. The second kappa shape index (κ2) is 6.60. The zero-order valence-electron chi connectivity index (χ0n) is 12.8. The molecule has 1 aromatic carbocycles. The molecule has 0 radical (unpaired) electrons. The van der Waals surface area contributed by atoms with Crippen LogP contribution in [0, 0.1) is 0 Å². The number of amides is 1. The number of hydrogen-bond donors (Lipinski definition) is 1. The molecule has 114 valence electrons. The van der Waals surface area contributed by atoms with Crippen LogP contribution in [-0.4, -0.2) is 24.0 Å². The smallest absolute Gasteiger partial charge is 0.253 e. The Bertz CT molecular complexity index is 636. The van der Waals surface area contributed by atoms with Crippen LogP contribution in [0.2, 0.25) is 0 Å². The van der Waals surface area contributed by atoms with Crippen LogP contribution < -0.4 is 10.2 Å². The summed E-state index contributed by atoms with van der Waals surface area (Å²) in [6.45, 7) is 4.09. The van der Waals surface area contributed by atoms with Gasteiger partial charge in [-0.1, -0.05) is 30.3 Å². The van der Waals surface area contributed by atoms with Crippen molar-refractivity contribution in [2.24, 2.45) is 0 Å². The van der Waals surface area contributed by atoms with E-state index in [1.807, 2.05) is 49.5 Å². The van der Waals surface area contributed by atoms with E-state index < -0.39 is 0 Å². The van der Waals surface area contributed by atoms with Gasteiger partial charge in [-0.15, -0.1) is 0 Å². The van der Waals surface area contributed by atoms with Gasteiger partial charge in [0.15, 0.2) is 0 Å². The third-order valence-electron chi connectivity index (χ3n) is 4.10. The fourth-order valence-corrected chi connectivity index (χ4v) is 2.81. The average molecular weight is 295 g/mol. The predicted molar refractivity (Wildman–Crippen MR) is 88.0 cm³/mol. The summed E-state index contributed by atoms with van der Waals surface area (Å²) in [5, 5.41) is 3.03. The average Bonchev–Trinajstić information content (AvgIpc) is 3.10. The number of carbonyl (C=O) groups is 1. The van der Waals surface area contributed by atoms with Crippen molar-refractivity contribution in [3.8, 4) is 0 Å². The van der Waals surface area contributed by atoms with Gasteiger partial charge >= 0.3 is 0 Å². The molecule has 22 heavy (non-hydrogen) atoms. The van der Waals surface area contributed by atoms with Crippen molar-refractivity contribution in [3.05, 3.63) is 59.9 Å². The lowest BCUT2D eigenvalue weighted by Crippen LogP contribution is -2.27. The van der Waals surface area contributed by atoms with Crippen molar-refractivity contribution in [2.45, 2.75) is 25.8 Å². The van der Waals surface area contributed by atoms with Crippen molar-refractivity contribution in [1.29, 1.82) is 0 Å². The van der Waals surface area contributed by atoms with E-state index >= 15 is 0 Å². The molecule has 1 aliphatic rings. The van der Waals surface area contributed by atoms with E-state index in [0.717, 1.165) is 24.3 Å². The van der Waals surface area contributed by atoms with Crippen molar-refractivity contribution in [1.82, 2.24) is 10.3 Å². The molecule has 3 rings (SSSR count). The van der Waals surface area contributed by atoms with Gasteiger partial charge < -0.3 is 10.2 Å². The first-order chi connectivity index (χ1) is 10.7. The van der Waals surface area contributed by atoms with Crippen molar-refractivity contribution < 1.29 is 4.79 Å². The van der Waals surface area contributed by atoms with E-state index in [1.54, 1.807) is 6.20 Å². The summed E-state index contributed by atoms with van der Waals surface area (Å²) in [5.74, 6) is -0.0788. The molecule has 1 aromatic heterocycles. The summed E-state index contributed by atoms with van der Waals surface area (Å²) < 4.78 is 0. The lowest BCUT2D eigenvalue weighted by molar-refractivity contribution is 0.0939. The number of carbonyl (C=O) groups excluding carboxylic acids is 1. The second-order valence-electron chi connectivity index (χ2n) is 5.73. The number of hydrogen-bond acceptors (Lipinski definition) is 3. The van der Waals surface area contributed by atoms with Gasteiger partial charge in [0.1, 0.15) is 0 Å². The lowest BCUT2D eigenvalue weighted by atomic mass is 10.1. The molecule has 2 heterocycles. The maximum absolute atomic E-state index is 12.4. The molecule has 4 nitrogen and oxygen atoms in total. The van der Waals surface area contributed by atoms with E-state index in [0.29, 0.717) is 5.56 Å². The van der Waals surface area contributed by atoms with E-state index in [9.17, 15) is 4.79 Å². The molecule has 1 fully saturated rings. The normalized spacial score (nSPS) is 15.6. The Hall–Kier alpha value is -2.36. The molecule has 0 aliphatic carbocycles. The summed E-state index contributed by atoms with van der Waals surface area (Å²) >= 11 is 0. The second-order valence-corrected chi connectivity index (χ2v) is 5.73. The van der Waals surface area contributed by atoms with Crippen LogP contribution in [0.5, 0.6) is 0 Å². The highest BCUT2D eigenvalue weighted by Gasteiger charge is 2.16. The van der Waals surface area contributed by atoms with Crippen LogP contribution in [0.3, 0.4) is 0 Å². The number of benzene rings is 1. The number of anilines is 1. The first kappa shape index (κ1) is 14.6. The fraction of sp³-hybridized carbons (Fsp3) is 0.333.